The molecular weight excluding hydrogens is 532 g/mol. The van der Waals surface area contributed by atoms with Crippen molar-refractivity contribution < 1.29 is 18.7 Å². The summed E-state index contributed by atoms with van der Waals surface area (Å²) >= 11 is 0. The Morgan fingerprint density at radius 1 is 1.17 bits per heavy atom. The van der Waals surface area contributed by atoms with Gasteiger partial charge in [-0.2, -0.15) is 4.98 Å². The lowest BCUT2D eigenvalue weighted by molar-refractivity contribution is -0.126. The third-order valence-electron chi connectivity index (χ3n) is 7.17. The SMILES string of the molecule is C=CC(=O)N1CCN(c2nc(=O)n(-c3c(C)ccnc3N(C)C)c3nc(-c4c(O)cccc4F)c(F)cc23)C(C)C1. The highest BCUT2D eigenvalue weighted by atomic mass is 19.1. The first-order chi connectivity index (χ1) is 19.5. The molecule has 41 heavy (non-hydrogen) atoms. The number of anilines is 2. The Balaban J connectivity index is 1.83. The first-order valence-electron chi connectivity index (χ1n) is 13.0. The van der Waals surface area contributed by atoms with Crippen molar-refractivity contribution in [3.8, 4) is 22.7 Å². The Morgan fingerprint density at radius 2 is 1.93 bits per heavy atom. The van der Waals surface area contributed by atoms with Crippen molar-refractivity contribution in [3.63, 3.8) is 0 Å². The molecule has 0 aliphatic carbocycles. The minimum absolute atomic E-state index is 0.00931. The molecule has 0 spiro atoms. The average Bonchev–Trinajstić information content (AvgIpc) is 2.93. The molecule has 1 aliphatic rings. The lowest BCUT2D eigenvalue weighted by atomic mass is 10.1. The summed E-state index contributed by atoms with van der Waals surface area (Å²) in [4.78, 5) is 44.6. The summed E-state index contributed by atoms with van der Waals surface area (Å²) < 4.78 is 31.9. The lowest BCUT2D eigenvalue weighted by Gasteiger charge is -2.40. The molecule has 1 atom stereocenters. The van der Waals surface area contributed by atoms with E-state index in [0.717, 1.165) is 12.1 Å². The molecule has 1 aromatic carbocycles. The number of fused-ring (bicyclic) bond motifs is 1. The smallest absolute Gasteiger partial charge is 0.355 e. The zero-order valence-electron chi connectivity index (χ0n) is 23.1. The van der Waals surface area contributed by atoms with Gasteiger partial charge in [-0.05, 0) is 49.8 Å². The third kappa shape index (κ3) is 4.75. The number of amides is 1. The summed E-state index contributed by atoms with van der Waals surface area (Å²) in [6.45, 7) is 8.20. The molecular formula is C29H29F2N7O3. The lowest BCUT2D eigenvalue weighted by Crippen LogP contribution is -2.54. The van der Waals surface area contributed by atoms with Crippen LogP contribution in [0.5, 0.6) is 5.75 Å². The first kappa shape index (κ1) is 27.7. The molecule has 1 fully saturated rings. The van der Waals surface area contributed by atoms with Crippen LogP contribution in [-0.2, 0) is 4.79 Å². The summed E-state index contributed by atoms with van der Waals surface area (Å²) in [6, 6.07) is 6.21. The molecule has 1 N–H and O–H groups in total. The van der Waals surface area contributed by atoms with Crippen molar-refractivity contribution in [2.75, 3.05) is 43.5 Å². The molecule has 1 saturated heterocycles. The molecule has 12 heteroatoms. The van der Waals surface area contributed by atoms with Crippen LogP contribution in [0.2, 0.25) is 0 Å². The average molecular weight is 562 g/mol. The van der Waals surface area contributed by atoms with E-state index in [9.17, 15) is 19.1 Å². The van der Waals surface area contributed by atoms with Crippen molar-refractivity contribution in [2.45, 2.75) is 19.9 Å². The van der Waals surface area contributed by atoms with Crippen molar-refractivity contribution in [1.82, 2.24) is 24.4 Å². The molecule has 1 aliphatic heterocycles. The number of nitrogens with zero attached hydrogens (tertiary/aromatic N) is 7. The van der Waals surface area contributed by atoms with Crippen LogP contribution >= 0.6 is 0 Å². The number of hydrogen-bond donors (Lipinski definition) is 1. The molecule has 4 heterocycles. The maximum absolute atomic E-state index is 15.8. The van der Waals surface area contributed by atoms with Crippen LogP contribution in [0, 0.1) is 18.6 Å². The number of hydrogen-bond acceptors (Lipinski definition) is 8. The number of aryl methyl sites for hydroxylation is 1. The van der Waals surface area contributed by atoms with Gasteiger partial charge in [0.15, 0.2) is 17.3 Å². The number of carbonyl (C=O) groups excluding carboxylic acids is 1. The van der Waals surface area contributed by atoms with Gasteiger partial charge in [-0.1, -0.05) is 12.6 Å². The molecule has 0 bridgehead atoms. The highest BCUT2D eigenvalue weighted by Crippen LogP contribution is 2.36. The second kappa shape index (κ2) is 10.6. The number of phenolic OH excluding ortho intramolecular Hbond substituents is 1. The molecule has 5 rings (SSSR count). The van der Waals surface area contributed by atoms with Gasteiger partial charge < -0.3 is 19.8 Å². The Morgan fingerprint density at radius 3 is 2.59 bits per heavy atom. The number of pyridine rings is 2. The third-order valence-corrected chi connectivity index (χ3v) is 7.17. The number of aromatic nitrogens is 4. The van der Waals surface area contributed by atoms with Gasteiger partial charge >= 0.3 is 5.69 Å². The van der Waals surface area contributed by atoms with E-state index >= 15 is 4.39 Å². The number of rotatable bonds is 5. The zero-order chi connectivity index (χ0) is 29.6. The van der Waals surface area contributed by atoms with Crippen LogP contribution in [0.1, 0.15) is 12.5 Å². The van der Waals surface area contributed by atoms with E-state index in [1.54, 1.807) is 43.1 Å². The minimum atomic E-state index is -0.907. The second-order valence-corrected chi connectivity index (χ2v) is 10.1. The largest absolute Gasteiger partial charge is 0.507 e. The number of halogens is 2. The van der Waals surface area contributed by atoms with Gasteiger partial charge in [0.2, 0.25) is 5.91 Å². The van der Waals surface area contributed by atoms with Gasteiger partial charge in [0.25, 0.3) is 0 Å². The molecule has 10 nitrogen and oxygen atoms in total. The number of carbonyl (C=O) groups is 1. The monoisotopic (exact) mass is 561 g/mol. The van der Waals surface area contributed by atoms with Gasteiger partial charge in [0.05, 0.1) is 16.6 Å². The highest BCUT2D eigenvalue weighted by molar-refractivity contribution is 5.92. The van der Waals surface area contributed by atoms with Gasteiger partial charge in [-0.25, -0.2) is 28.1 Å². The number of benzene rings is 1. The molecule has 212 valence electrons. The fourth-order valence-corrected chi connectivity index (χ4v) is 5.19. The van der Waals surface area contributed by atoms with Crippen molar-refractivity contribution >= 4 is 28.6 Å². The summed E-state index contributed by atoms with van der Waals surface area (Å²) in [7, 11) is 3.53. The normalized spacial score (nSPS) is 15.3. The van der Waals surface area contributed by atoms with Crippen LogP contribution in [0.15, 0.2) is 54.0 Å². The molecule has 1 unspecified atom stereocenters. The predicted molar refractivity (Wildman–Crippen MR) is 153 cm³/mol. The predicted octanol–water partition coefficient (Wildman–Crippen LogP) is 3.42. The summed E-state index contributed by atoms with van der Waals surface area (Å²) in [5.41, 5.74) is -0.524. The van der Waals surface area contributed by atoms with E-state index in [1.807, 2.05) is 11.8 Å². The fraction of sp³-hybridized carbons (Fsp3) is 0.276. The molecule has 1 amide bonds. The summed E-state index contributed by atoms with van der Waals surface area (Å²) in [5, 5.41) is 10.6. The second-order valence-electron chi connectivity index (χ2n) is 10.1. The van der Waals surface area contributed by atoms with Crippen molar-refractivity contribution in [3.05, 3.63) is 76.9 Å². The Kier molecular flexibility index (Phi) is 7.16. The maximum Gasteiger partial charge on any atom is 0.355 e. The Bertz CT molecular complexity index is 1730. The van der Waals surface area contributed by atoms with Gasteiger partial charge in [-0.15, -0.1) is 0 Å². The zero-order valence-corrected chi connectivity index (χ0v) is 23.1. The number of piperazine rings is 1. The molecule has 0 radical (unpaired) electrons. The molecule has 4 aromatic rings. The fourth-order valence-electron chi connectivity index (χ4n) is 5.19. The highest BCUT2D eigenvalue weighted by Gasteiger charge is 2.31. The van der Waals surface area contributed by atoms with E-state index in [-0.39, 0.29) is 28.8 Å². The van der Waals surface area contributed by atoms with Crippen LogP contribution in [0.25, 0.3) is 28.0 Å². The van der Waals surface area contributed by atoms with Gasteiger partial charge in [-0.3, -0.25) is 4.79 Å². The van der Waals surface area contributed by atoms with Gasteiger partial charge in [0, 0.05) is 46.0 Å². The van der Waals surface area contributed by atoms with E-state index in [0.29, 0.717) is 36.7 Å². The quantitative estimate of drug-likeness (QED) is 0.370. The topological polar surface area (TPSA) is 108 Å². The van der Waals surface area contributed by atoms with E-state index in [1.165, 1.54) is 22.8 Å². The maximum atomic E-state index is 15.8. The Labute approximate surface area is 234 Å². The molecule has 3 aromatic heterocycles. The van der Waals surface area contributed by atoms with Crippen LogP contribution < -0.4 is 15.5 Å². The van der Waals surface area contributed by atoms with Crippen LogP contribution in [-0.4, -0.2) is 75.2 Å². The van der Waals surface area contributed by atoms with Crippen molar-refractivity contribution in [2.24, 2.45) is 0 Å². The number of aromatic hydroxyl groups is 1. The van der Waals surface area contributed by atoms with Crippen molar-refractivity contribution in [1.29, 1.82) is 0 Å². The minimum Gasteiger partial charge on any atom is -0.507 e. The van der Waals surface area contributed by atoms with E-state index in [4.69, 9.17) is 0 Å². The number of phenols is 1. The standard InChI is InChI=1S/C29H29F2N7O3/c1-6-22(40)36-12-13-37(17(3)15-36)26-18-14-20(31)24(23-19(30)8-7-9-21(23)39)33-27(18)38(29(41)34-26)25-16(2)10-11-32-28(25)35(4)5/h6-11,14,17,39H,1,12-13,15H2,2-5H3. The van der Waals surface area contributed by atoms with E-state index in [2.05, 4.69) is 21.5 Å². The van der Waals surface area contributed by atoms with Gasteiger partial charge in [0.1, 0.15) is 23.1 Å². The summed E-state index contributed by atoms with van der Waals surface area (Å²) in [6.07, 6.45) is 2.85. The summed E-state index contributed by atoms with van der Waals surface area (Å²) in [5.74, 6) is -1.87. The van der Waals surface area contributed by atoms with Crippen LogP contribution in [0.4, 0.5) is 20.4 Å². The van der Waals surface area contributed by atoms with Crippen LogP contribution in [0.3, 0.4) is 0 Å². The first-order valence-corrected chi connectivity index (χ1v) is 13.0. The Hall–Kier alpha value is -4.87. The molecule has 0 saturated carbocycles. The van der Waals surface area contributed by atoms with E-state index < -0.39 is 34.3 Å².